The number of ether oxygens (including phenoxy) is 1. The zero-order valence-electron chi connectivity index (χ0n) is 13.9. The lowest BCUT2D eigenvalue weighted by molar-refractivity contribution is -0.157. The van der Waals surface area contributed by atoms with Gasteiger partial charge in [0.15, 0.2) is 0 Å². The molecule has 1 aliphatic rings. The quantitative estimate of drug-likeness (QED) is 0.895. The van der Waals surface area contributed by atoms with Crippen LogP contribution in [-0.2, 0) is 22.4 Å². The molecule has 0 saturated carbocycles. The molecule has 2 heterocycles. The van der Waals surface area contributed by atoms with Gasteiger partial charge in [0.2, 0.25) is 5.91 Å². The molecule has 2 aromatic rings. The summed E-state index contributed by atoms with van der Waals surface area (Å²) in [7, 11) is 0. The first-order valence-electron chi connectivity index (χ1n) is 8.28. The summed E-state index contributed by atoms with van der Waals surface area (Å²) in [5.41, 5.74) is 0.179. The number of amides is 1. The number of carbonyl (C=O) groups excluding carboxylic acids is 1. The van der Waals surface area contributed by atoms with E-state index in [0.717, 1.165) is 0 Å². The molecular weight excluding hydrogens is 323 g/mol. The van der Waals surface area contributed by atoms with Gasteiger partial charge in [0.05, 0.1) is 26.2 Å². The van der Waals surface area contributed by atoms with Crippen molar-refractivity contribution in [1.82, 2.24) is 9.88 Å². The molecule has 25 heavy (non-hydrogen) atoms. The van der Waals surface area contributed by atoms with Crippen LogP contribution < -0.4 is 0 Å². The maximum atomic E-state index is 14.0. The third-order valence-electron chi connectivity index (χ3n) is 4.42. The number of rotatable bonds is 5. The lowest BCUT2D eigenvalue weighted by Gasteiger charge is -2.42. The molecule has 1 atom stereocenters. The number of carbonyl (C=O) groups is 1. The standard InChI is InChI=1S/C19H21FN2O3/c20-17-7-2-1-5-15(17)12-19(14-23)13-22(9-10-25-19)18(24)11-16-6-3-4-8-21-16/h1-8,23H,9-14H2/t19-/m1/s1. The van der Waals surface area contributed by atoms with E-state index < -0.39 is 5.60 Å². The first-order chi connectivity index (χ1) is 12.1. The van der Waals surface area contributed by atoms with Crippen molar-refractivity contribution < 1.29 is 19.0 Å². The van der Waals surface area contributed by atoms with Gasteiger partial charge in [-0.25, -0.2) is 4.39 Å². The predicted octanol–water partition coefficient (Wildman–Crippen LogP) is 1.60. The number of hydrogen-bond acceptors (Lipinski definition) is 4. The Hall–Kier alpha value is -2.31. The third-order valence-corrected chi connectivity index (χ3v) is 4.42. The average molecular weight is 344 g/mol. The monoisotopic (exact) mass is 344 g/mol. The van der Waals surface area contributed by atoms with Gasteiger partial charge in [-0.3, -0.25) is 9.78 Å². The number of halogens is 1. The van der Waals surface area contributed by atoms with E-state index in [-0.39, 0.29) is 37.7 Å². The first-order valence-corrected chi connectivity index (χ1v) is 8.28. The molecule has 1 fully saturated rings. The van der Waals surface area contributed by atoms with Crippen molar-refractivity contribution in [3.8, 4) is 0 Å². The number of hydrogen-bond donors (Lipinski definition) is 1. The van der Waals surface area contributed by atoms with Crippen LogP contribution in [0.4, 0.5) is 4.39 Å². The van der Waals surface area contributed by atoms with Crippen LogP contribution in [0.25, 0.3) is 0 Å². The van der Waals surface area contributed by atoms with Crippen molar-refractivity contribution in [1.29, 1.82) is 0 Å². The SMILES string of the molecule is O=C(Cc1ccccn1)N1CCO[C@](CO)(Cc2ccccc2F)C1. The topological polar surface area (TPSA) is 62.7 Å². The molecule has 1 N–H and O–H groups in total. The summed E-state index contributed by atoms with van der Waals surface area (Å²) >= 11 is 0. The fraction of sp³-hybridized carbons (Fsp3) is 0.368. The van der Waals surface area contributed by atoms with E-state index in [4.69, 9.17) is 4.74 Å². The van der Waals surface area contributed by atoms with E-state index in [0.29, 0.717) is 24.4 Å². The zero-order chi connectivity index (χ0) is 17.7. The highest BCUT2D eigenvalue weighted by Crippen LogP contribution is 2.24. The van der Waals surface area contributed by atoms with Gasteiger partial charge >= 0.3 is 0 Å². The van der Waals surface area contributed by atoms with Crippen LogP contribution in [0.1, 0.15) is 11.3 Å². The number of morpholine rings is 1. The number of aliphatic hydroxyl groups excluding tert-OH is 1. The minimum Gasteiger partial charge on any atom is -0.393 e. The van der Waals surface area contributed by atoms with Crippen LogP contribution in [0.2, 0.25) is 0 Å². The highest BCUT2D eigenvalue weighted by molar-refractivity contribution is 5.78. The van der Waals surface area contributed by atoms with E-state index in [2.05, 4.69) is 4.98 Å². The summed E-state index contributed by atoms with van der Waals surface area (Å²) < 4.78 is 19.7. The Morgan fingerprint density at radius 1 is 1.28 bits per heavy atom. The normalized spacial score (nSPS) is 20.5. The second-order valence-electron chi connectivity index (χ2n) is 6.27. The highest BCUT2D eigenvalue weighted by atomic mass is 19.1. The molecule has 5 nitrogen and oxygen atoms in total. The van der Waals surface area contributed by atoms with E-state index in [1.54, 1.807) is 41.4 Å². The van der Waals surface area contributed by atoms with E-state index >= 15 is 0 Å². The largest absolute Gasteiger partial charge is 0.393 e. The van der Waals surface area contributed by atoms with Gasteiger partial charge in [0.1, 0.15) is 11.4 Å². The molecule has 1 saturated heterocycles. The maximum absolute atomic E-state index is 14.0. The number of aliphatic hydroxyl groups is 1. The molecule has 3 rings (SSSR count). The van der Waals surface area contributed by atoms with Gasteiger partial charge < -0.3 is 14.7 Å². The van der Waals surface area contributed by atoms with Gasteiger partial charge in [-0.2, -0.15) is 0 Å². The molecule has 0 unspecified atom stereocenters. The van der Waals surface area contributed by atoms with Gasteiger partial charge in [-0.1, -0.05) is 24.3 Å². The predicted molar refractivity (Wildman–Crippen MR) is 90.4 cm³/mol. The smallest absolute Gasteiger partial charge is 0.228 e. The second-order valence-corrected chi connectivity index (χ2v) is 6.27. The van der Waals surface area contributed by atoms with Crippen molar-refractivity contribution >= 4 is 5.91 Å². The summed E-state index contributed by atoms with van der Waals surface area (Å²) in [5, 5.41) is 9.89. The fourth-order valence-corrected chi connectivity index (χ4v) is 3.07. The summed E-state index contributed by atoms with van der Waals surface area (Å²) in [4.78, 5) is 18.4. The molecular formula is C19H21FN2O3. The van der Waals surface area contributed by atoms with Crippen molar-refractivity contribution in [2.45, 2.75) is 18.4 Å². The maximum Gasteiger partial charge on any atom is 0.228 e. The van der Waals surface area contributed by atoms with Crippen molar-refractivity contribution in [3.63, 3.8) is 0 Å². The summed E-state index contributed by atoms with van der Waals surface area (Å²) in [6.45, 7) is 0.700. The Bertz CT molecular complexity index is 726. The highest BCUT2D eigenvalue weighted by Gasteiger charge is 2.38. The van der Waals surface area contributed by atoms with E-state index in [9.17, 15) is 14.3 Å². The van der Waals surface area contributed by atoms with Crippen LogP contribution in [-0.4, -0.2) is 52.8 Å². The Morgan fingerprint density at radius 3 is 2.80 bits per heavy atom. The third kappa shape index (κ3) is 4.21. The van der Waals surface area contributed by atoms with Gasteiger partial charge in [-0.05, 0) is 23.8 Å². The van der Waals surface area contributed by atoms with Crippen LogP contribution in [0.3, 0.4) is 0 Å². The van der Waals surface area contributed by atoms with Crippen molar-refractivity contribution in [2.75, 3.05) is 26.3 Å². The molecule has 1 aliphatic heterocycles. The minimum absolute atomic E-state index is 0.0756. The molecule has 1 aromatic carbocycles. The van der Waals surface area contributed by atoms with Gasteiger partial charge in [-0.15, -0.1) is 0 Å². The Morgan fingerprint density at radius 2 is 2.08 bits per heavy atom. The molecule has 6 heteroatoms. The fourth-order valence-electron chi connectivity index (χ4n) is 3.07. The number of benzene rings is 1. The Labute approximate surface area is 146 Å². The molecule has 132 valence electrons. The molecule has 1 amide bonds. The van der Waals surface area contributed by atoms with Crippen molar-refractivity contribution in [3.05, 3.63) is 65.7 Å². The molecule has 0 bridgehead atoms. The number of aromatic nitrogens is 1. The van der Waals surface area contributed by atoms with Crippen LogP contribution in [0, 0.1) is 5.82 Å². The Kier molecular flexibility index (Phi) is 5.40. The summed E-state index contributed by atoms with van der Waals surface area (Å²) in [6, 6.07) is 11.9. The van der Waals surface area contributed by atoms with Gasteiger partial charge in [0.25, 0.3) is 0 Å². The van der Waals surface area contributed by atoms with E-state index in [1.807, 2.05) is 6.07 Å². The number of nitrogens with zero attached hydrogens (tertiary/aromatic N) is 2. The summed E-state index contributed by atoms with van der Waals surface area (Å²) in [5.74, 6) is -0.413. The molecule has 0 radical (unpaired) electrons. The van der Waals surface area contributed by atoms with E-state index in [1.165, 1.54) is 6.07 Å². The minimum atomic E-state index is -0.986. The average Bonchev–Trinajstić information content (AvgIpc) is 2.65. The van der Waals surface area contributed by atoms with Crippen LogP contribution >= 0.6 is 0 Å². The molecule has 1 aromatic heterocycles. The lowest BCUT2D eigenvalue weighted by Crippen LogP contribution is -2.57. The number of pyridine rings is 1. The van der Waals surface area contributed by atoms with Gasteiger partial charge in [0, 0.05) is 24.9 Å². The molecule has 0 aliphatic carbocycles. The van der Waals surface area contributed by atoms with Crippen LogP contribution in [0.15, 0.2) is 48.7 Å². The lowest BCUT2D eigenvalue weighted by atomic mass is 9.92. The first kappa shape index (κ1) is 17.5. The summed E-state index contributed by atoms with van der Waals surface area (Å²) in [6.07, 6.45) is 2.06. The Balaban J connectivity index is 1.71. The second kappa shape index (κ2) is 7.72. The van der Waals surface area contributed by atoms with Crippen LogP contribution in [0.5, 0.6) is 0 Å². The zero-order valence-corrected chi connectivity index (χ0v) is 13.9. The van der Waals surface area contributed by atoms with Crippen molar-refractivity contribution in [2.24, 2.45) is 0 Å². The molecule has 0 spiro atoms.